The summed E-state index contributed by atoms with van der Waals surface area (Å²) in [4.78, 5) is 25.8. The summed E-state index contributed by atoms with van der Waals surface area (Å²) in [5.41, 5.74) is -1.08. The minimum absolute atomic E-state index is 0.145. The van der Waals surface area contributed by atoms with Gasteiger partial charge in [0.25, 0.3) is 0 Å². The Morgan fingerprint density at radius 3 is 2.42 bits per heavy atom. The van der Waals surface area contributed by atoms with Crippen molar-refractivity contribution < 1.29 is 19.1 Å². The van der Waals surface area contributed by atoms with Crippen LogP contribution in [0.15, 0.2) is 0 Å². The summed E-state index contributed by atoms with van der Waals surface area (Å²) in [6, 6.07) is 0. The van der Waals surface area contributed by atoms with Gasteiger partial charge < -0.3 is 14.4 Å². The Bertz CT molecular complexity index is 345. The van der Waals surface area contributed by atoms with E-state index in [1.807, 2.05) is 0 Å². The zero-order valence-electron chi connectivity index (χ0n) is 11.8. The first kappa shape index (κ1) is 14.3. The summed E-state index contributed by atoms with van der Waals surface area (Å²) < 4.78 is 9.80. The monoisotopic (exact) mass is 269 g/mol. The van der Waals surface area contributed by atoms with Gasteiger partial charge in [-0.05, 0) is 12.3 Å². The summed E-state index contributed by atoms with van der Waals surface area (Å²) in [5, 5.41) is 0. The minimum Gasteiger partial charge on any atom is -0.468 e. The molecule has 1 saturated carbocycles. The molecule has 2 fully saturated rings. The number of rotatable bonds is 5. The van der Waals surface area contributed by atoms with Gasteiger partial charge in [-0.25, -0.2) is 0 Å². The van der Waals surface area contributed by atoms with Gasteiger partial charge in [0, 0.05) is 13.6 Å². The second-order valence-electron chi connectivity index (χ2n) is 5.73. The third kappa shape index (κ3) is 2.76. The highest BCUT2D eigenvalue weighted by atomic mass is 16.5. The Kier molecular flexibility index (Phi) is 4.45. The molecule has 2 rings (SSSR count). The molecule has 0 radical (unpaired) electrons. The van der Waals surface area contributed by atoms with Crippen molar-refractivity contribution in [1.82, 2.24) is 4.90 Å². The van der Waals surface area contributed by atoms with Crippen LogP contribution in [0.4, 0.5) is 0 Å². The maximum Gasteiger partial charge on any atom is 0.326 e. The van der Waals surface area contributed by atoms with E-state index < -0.39 is 11.4 Å². The molecule has 0 aromatic rings. The first-order valence-electron chi connectivity index (χ1n) is 7.02. The quantitative estimate of drug-likeness (QED) is 0.556. The van der Waals surface area contributed by atoms with E-state index in [0.29, 0.717) is 6.54 Å². The van der Waals surface area contributed by atoms with Crippen molar-refractivity contribution in [2.45, 2.75) is 32.1 Å². The number of carbonyl (C=O) groups is 2. The molecule has 1 amide bonds. The van der Waals surface area contributed by atoms with E-state index in [9.17, 15) is 9.59 Å². The van der Waals surface area contributed by atoms with E-state index in [1.54, 1.807) is 11.9 Å². The van der Waals surface area contributed by atoms with Crippen LogP contribution in [0.2, 0.25) is 0 Å². The zero-order valence-corrected chi connectivity index (χ0v) is 11.8. The van der Waals surface area contributed by atoms with Gasteiger partial charge in [0.1, 0.15) is 0 Å². The number of carbonyl (C=O) groups excluding carboxylic acids is 2. The van der Waals surface area contributed by atoms with Gasteiger partial charge >= 0.3 is 5.97 Å². The summed E-state index contributed by atoms with van der Waals surface area (Å²) in [7, 11) is 3.08. The number of hydrogen-bond donors (Lipinski definition) is 0. The largest absolute Gasteiger partial charge is 0.468 e. The van der Waals surface area contributed by atoms with Gasteiger partial charge in [-0.1, -0.05) is 25.7 Å². The summed E-state index contributed by atoms with van der Waals surface area (Å²) >= 11 is 0. The van der Waals surface area contributed by atoms with Crippen LogP contribution in [0, 0.1) is 11.3 Å². The fourth-order valence-corrected chi connectivity index (χ4v) is 2.97. The van der Waals surface area contributed by atoms with Crippen LogP contribution in [-0.4, -0.2) is 50.7 Å². The molecule has 19 heavy (non-hydrogen) atoms. The van der Waals surface area contributed by atoms with Crippen LogP contribution in [0.25, 0.3) is 0 Å². The predicted octanol–water partition coefficient (Wildman–Crippen LogP) is 1.21. The molecular formula is C14H23NO4. The Morgan fingerprint density at radius 2 is 1.95 bits per heavy atom. The maximum atomic E-state index is 12.4. The third-order valence-electron chi connectivity index (χ3n) is 4.38. The van der Waals surface area contributed by atoms with Gasteiger partial charge in [-0.3, -0.25) is 9.59 Å². The molecule has 0 atom stereocenters. The molecule has 5 nitrogen and oxygen atoms in total. The Balaban J connectivity index is 1.88. The molecular weight excluding hydrogens is 246 g/mol. The summed E-state index contributed by atoms with van der Waals surface area (Å²) in [6.45, 7) is 1.00. The van der Waals surface area contributed by atoms with Crippen LogP contribution in [0.1, 0.15) is 32.1 Å². The van der Waals surface area contributed by atoms with Crippen molar-refractivity contribution >= 4 is 11.9 Å². The first-order valence-corrected chi connectivity index (χ1v) is 7.02. The van der Waals surface area contributed by atoms with E-state index in [1.165, 1.54) is 32.8 Å². The van der Waals surface area contributed by atoms with E-state index in [2.05, 4.69) is 0 Å². The SMILES string of the molecule is COC(=O)C1(C(=O)N(C)CCC2CCCC2)COC1. The fourth-order valence-electron chi connectivity index (χ4n) is 2.97. The van der Waals surface area contributed by atoms with Crippen molar-refractivity contribution in [3.8, 4) is 0 Å². The molecule has 1 aliphatic carbocycles. The highest BCUT2D eigenvalue weighted by Crippen LogP contribution is 2.32. The van der Waals surface area contributed by atoms with Crippen LogP contribution < -0.4 is 0 Å². The molecule has 1 aliphatic heterocycles. The molecule has 1 saturated heterocycles. The van der Waals surface area contributed by atoms with Gasteiger partial charge in [-0.15, -0.1) is 0 Å². The topological polar surface area (TPSA) is 55.8 Å². The number of amides is 1. The van der Waals surface area contributed by atoms with E-state index in [4.69, 9.17) is 9.47 Å². The lowest BCUT2D eigenvalue weighted by atomic mass is 9.84. The standard InChI is InChI=1S/C14H23NO4/c1-15(8-7-11-5-3-4-6-11)12(16)14(9-19-10-14)13(17)18-2/h11H,3-10H2,1-2H3. The molecule has 0 N–H and O–H groups in total. The molecule has 0 bridgehead atoms. The number of esters is 1. The van der Waals surface area contributed by atoms with Crippen molar-refractivity contribution in [1.29, 1.82) is 0 Å². The zero-order chi connectivity index (χ0) is 13.9. The molecule has 0 aromatic heterocycles. The van der Waals surface area contributed by atoms with Crippen LogP contribution in [-0.2, 0) is 19.1 Å². The van der Waals surface area contributed by atoms with Crippen molar-refractivity contribution in [2.24, 2.45) is 11.3 Å². The van der Waals surface area contributed by atoms with Gasteiger partial charge in [0.05, 0.1) is 20.3 Å². The highest BCUT2D eigenvalue weighted by Gasteiger charge is 2.55. The lowest BCUT2D eigenvalue weighted by Gasteiger charge is -2.39. The van der Waals surface area contributed by atoms with Crippen LogP contribution in [0.3, 0.4) is 0 Å². The molecule has 0 unspecified atom stereocenters. The summed E-state index contributed by atoms with van der Waals surface area (Å²) in [5.74, 6) is 0.0991. The second-order valence-corrected chi connectivity index (χ2v) is 5.73. The second kappa shape index (κ2) is 5.90. The highest BCUT2D eigenvalue weighted by molar-refractivity contribution is 6.03. The number of ether oxygens (including phenoxy) is 2. The molecule has 5 heteroatoms. The predicted molar refractivity (Wildman–Crippen MR) is 69.5 cm³/mol. The van der Waals surface area contributed by atoms with Crippen molar-refractivity contribution in [3.63, 3.8) is 0 Å². The normalized spacial score (nSPS) is 21.8. The van der Waals surface area contributed by atoms with Crippen LogP contribution in [0.5, 0.6) is 0 Å². The third-order valence-corrected chi connectivity index (χ3v) is 4.38. The first-order chi connectivity index (χ1) is 9.10. The lowest BCUT2D eigenvalue weighted by molar-refractivity contribution is -0.193. The summed E-state index contributed by atoms with van der Waals surface area (Å²) in [6.07, 6.45) is 6.19. The fraction of sp³-hybridized carbons (Fsp3) is 0.857. The molecule has 108 valence electrons. The molecule has 2 aliphatic rings. The van der Waals surface area contributed by atoms with Crippen molar-refractivity contribution in [2.75, 3.05) is 33.9 Å². The van der Waals surface area contributed by atoms with Crippen LogP contribution >= 0.6 is 0 Å². The Labute approximate surface area is 114 Å². The maximum absolute atomic E-state index is 12.4. The number of nitrogens with zero attached hydrogens (tertiary/aromatic N) is 1. The smallest absolute Gasteiger partial charge is 0.326 e. The average Bonchev–Trinajstić information content (AvgIpc) is 2.87. The van der Waals surface area contributed by atoms with E-state index in [-0.39, 0.29) is 19.1 Å². The Hall–Kier alpha value is -1.10. The van der Waals surface area contributed by atoms with Gasteiger partial charge in [0.2, 0.25) is 5.91 Å². The molecule has 1 heterocycles. The number of methoxy groups -OCH3 is 1. The van der Waals surface area contributed by atoms with E-state index in [0.717, 1.165) is 12.3 Å². The Morgan fingerprint density at radius 1 is 1.32 bits per heavy atom. The minimum atomic E-state index is -1.08. The lowest BCUT2D eigenvalue weighted by Crippen LogP contribution is -2.59. The molecule has 0 aromatic carbocycles. The number of hydrogen-bond acceptors (Lipinski definition) is 4. The molecule has 0 spiro atoms. The van der Waals surface area contributed by atoms with Crippen molar-refractivity contribution in [3.05, 3.63) is 0 Å². The van der Waals surface area contributed by atoms with Gasteiger partial charge in [0.15, 0.2) is 5.41 Å². The van der Waals surface area contributed by atoms with E-state index >= 15 is 0 Å². The average molecular weight is 269 g/mol. The van der Waals surface area contributed by atoms with Gasteiger partial charge in [-0.2, -0.15) is 0 Å².